The van der Waals surface area contributed by atoms with Crippen molar-refractivity contribution >= 4 is 45.0 Å². The maximum Gasteiger partial charge on any atom is 0.303 e. The predicted octanol–water partition coefficient (Wildman–Crippen LogP) is 4.78. The standard InChI is InChI=1S/C23H21N5O2S.C3H6O2.2FH/c29-17-3-1-2-15(12-17)21-18-6-7-28(16-4-5-19-20(13-16)31-14-24-19)22(18)26-23(25-21)27-8-10-30-11-9-27;1-2-3(4)5;;/h1-5,12-14,29H,6-11H2;2H2,1H3,(H,4,5);2*1H. The SMILES string of the molecule is CCC(=O)O.F.F.Oc1cccc(-c2nc(N3CCOCC3)nc3c2CCN3c2ccc3ncsc3c2)c1. The first kappa shape index (κ1) is 28.7. The molecule has 38 heavy (non-hydrogen) atoms. The zero-order valence-corrected chi connectivity index (χ0v) is 21.6. The van der Waals surface area contributed by atoms with Crippen molar-refractivity contribution in [3.63, 3.8) is 0 Å². The van der Waals surface area contributed by atoms with Gasteiger partial charge in [-0.2, -0.15) is 4.98 Å². The van der Waals surface area contributed by atoms with Crippen molar-refractivity contribution < 1.29 is 29.2 Å². The number of nitrogens with zero attached hydrogens (tertiary/aromatic N) is 5. The molecule has 1 fully saturated rings. The molecule has 0 radical (unpaired) electrons. The number of aromatic nitrogens is 3. The first-order valence-corrected chi connectivity index (χ1v) is 12.8. The second kappa shape index (κ2) is 12.6. The van der Waals surface area contributed by atoms with Crippen LogP contribution < -0.4 is 9.80 Å². The number of phenols is 1. The Morgan fingerprint density at radius 3 is 2.55 bits per heavy atom. The predicted molar refractivity (Wildman–Crippen MR) is 145 cm³/mol. The number of rotatable bonds is 4. The lowest BCUT2D eigenvalue weighted by Gasteiger charge is -2.28. The van der Waals surface area contributed by atoms with Crippen molar-refractivity contribution in [2.45, 2.75) is 19.8 Å². The van der Waals surface area contributed by atoms with E-state index in [-0.39, 0.29) is 21.6 Å². The van der Waals surface area contributed by atoms with Crippen molar-refractivity contribution in [2.75, 3.05) is 42.6 Å². The molecule has 9 nitrogen and oxygen atoms in total. The monoisotopic (exact) mass is 545 g/mol. The van der Waals surface area contributed by atoms with Gasteiger partial charge in [0.05, 0.1) is 34.6 Å². The Morgan fingerprint density at radius 2 is 1.84 bits per heavy atom. The summed E-state index contributed by atoms with van der Waals surface area (Å²) in [5, 5.41) is 17.8. The first-order chi connectivity index (χ1) is 17.5. The fourth-order valence-corrected chi connectivity index (χ4v) is 5.01. The molecule has 0 spiro atoms. The van der Waals surface area contributed by atoms with Crippen LogP contribution in [0.15, 0.2) is 48.0 Å². The van der Waals surface area contributed by atoms with Gasteiger partial charge in [0, 0.05) is 42.9 Å². The molecule has 2 N–H and O–H groups in total. The highest BCUT2D eigenvalue weighted by molar-refractivity contribution is 7.16. The molecule has 2 aliphatic heterocycles. The minimum atomic E-state index is -0.745. The highest BCUT2D eigenvalue weighted by Crippen LogP contribution is 2.40. The highest BCUT2D eigenvalue weighted by atomic mass is 32.1. The van der Waals surface area contributed by atoms with E-state index in [4.69, 9.17) is 19.8 Å². The number of carbonyl (C=O) groups is 1. The molecule has 0 saturated carbocycles. The topological polar surface area (TPSA) is 112 Å². The van der Waals surface area contributed by atoms with Crippen molar-refractivity contribution in [3.8, 4) is 17.0 Å². The van der Waals surface area contributed by atoms with Gasteiger partial charge < -0.3 is 24.7 Å². The number of aliphatic carboxylic acids is 1. The molecule has 0 amide bonds. The molecular weight excluding hydrogens is 516 g/mol. The number of anilines is 3. The molecule has 4 aromatic rings. The van der Waals surface area contributed by atoms with E-state index >= 15 is 0 Å². The molecule has 0 unspecified atom stereocenters. The third kappa shape index (κ3) is 5.97. The molecule has 202 valence electrons. The van der Waals surface area contributed by atoms with E-state index in [1.165, 1.54) is 4.70 Å². The lowest BCUT2D eigenvalue weighted by Crippen LogP contribution is -2.37. The number of carboxylic acids is 1. The smallest absolute Gasteiger partial charge is 0.303 e. The minimum absolute atomic E-state index is 0. The second-order valence-electron chi connectivity index (χ2n) is 8.48. The van der Waals surface area contributed by atoms with Gasteiger partial charge in [-0.05, 0) is 36.8 Å². The number of carboxylic acid groups (broad SMARTS) is 1. The normalized spacial score (nSPS) is 14.1. The van der Waals surface area contributed by atoms with E-state index in [9.17, 15) is 9.90 Å². The van der Waals surface area contributed by atoms with E-state index in [2.05, 4.69) is 33.0 Å². The summed E-state index contributed by atoms with van der Waals surface area (Å²) in [5.41, 5.74) is 6.93. The summed E-state index contributed by atoms with van der Waals surface area (Å²) in [5.74, 6) is 1.15. The Hall–Kier alpha value is -3.90. The summed E-state index contributed by atoms with van der Waals surface area (Å²) in [7, 11) is 0. The molecular formula is C26H29F2N5O4S. The van der Waals surface area contributed by atoms with Crippen LogP contribution in [-0.2, 0) is 16.0 Å². The van der Waals surface area contributed by atoms with Gasteiger partial charge in [-0.1, -0.05) is 19.1 Å². The fraction of sp³-hybridized carbons (Fsp3) is 0.308. The molecule has 6 rings (SSSR count). The van der Waals surface area contributed by atoms with Crippen LogP contribution >= 0.6 is 11.3 Å². The van der Waals surface area contributed by atoms with Crippen LogP contribution in [0, 0.1) is 0 Å². The summed E-state index contributed by atoms with van der Waals surface area (Å²) < 4.78 is 6.69. The van der Waals surface area contributed by atoms with Gasteiger partial charge in [0.15, 0.2) is 0 Å². The van der Waals surface area contributed by atoms with Crippen LogP contribution in [0.1, 0.15) is 18.9 Å². The Kier molecular flexibility index (Phi) is 9.48. The van der Waals surface area contributed by atoms with Gasteiger partial charge in [-0.25, -0.2) is 9.97 Å². The van der Waals surface area contributed by atoms with Crippen molar-refractivity contribution in [1.29, 1.82) is 0 Å². The summed E-state index contributed by atoms with van der Waals surface area (Å²) in [6.45, 7) is 5.33. The third-order valence-corrected chi connectivity index (χ3v) is 6.95. The first-order valence-electron chi connectivity index (χ1n) is 11.9. The van der Waals surface area contributed by atoms with Gasteiger partial charge in [0.25, 0.3) is 0 Å². The number of fused-ring (bicyclic) bond motifs is 2. The number of morpholine rings is 1. The summed E-state index contributed by atoms with van der Waals surface area (Å²) in [4.78, 5) is 28.2. The van der Waals surface area contributed by atoms with E-state index < -0.39 is 5.97 Å². The van der Waals surface area contributed by atoms with Crippen molar-refractivity contribution in [1.82, 2.24) is 15.0 Å². The van der Waals surface area contributed by atoms with Crippen LogP contribution in [0.4, 0.5) is 26.9 Å². The molecule has 1 saturated heterocycles. The number of halogens is 2. The molecule has 12 heteroatoms. The zero-order valence-electron chi connectivity index (χ0n) is 20.7. The molecule has 4 heterocycles. The Balaban J connectivity index is 0.000000526. The number of hydrogen-bond acceptors (Lipinski definition) is 9. The van der Waals surface area contributed by atoms with Crippen molar-refractivity contribution in [2.24, 2.45) is 0 Å². The average Bonchev–Trinajstić information content (AvgIpc) is 3.55. The number of ether oxygens (including phenoxy) is 1. The maximum absolute atomic E-state index is 10.1. The fourth-order valence-electron chi connectivity index (χ4n) is 4.30. The molecule has 0 bridgehead atoms. The second-order valence-corrected chi connectivity index (χ2v) is 9.36. The molecule has 2 aromatic carbocycles. The van der Waals surface area contributed by atoms with Gasteiger partial charge in [-0.3, -0.25) is 14.2 Å². The number of thiazole rings is 1. The summed E-state index contributed by atoms with van der Waals surface area (Å²) >= 11 is 1.65. The third-order valence-electron chi connectivity index (χ3n) is 6.16. The summed E-state index contributed by atoms with van der Waals surface area (Å²) in [6, 6.07) is 13.7. The lowest BCUT2D eigenvalue weighted by molar-refractivity contribution is -0.136. The number of benzene rings is 2. The average molecular weight is 546 g/mol. The van der Waals surface area contributed by atoms with E-state index in [0.29, 0.717) is 19.2 Å². The van der Waals surface area contributed by atoms with Gasteiger partial charge in [-0.15, -0.1) is 11.3 Å². The Morgan fingerprint density at radius 1 is 1.08 bits per heavy atom. The van der Waals surface area contributed by atoms with Crippen molar-refractivity contribution in [3.05, 3.63) is 53.5 Å². The zero-order chi connectivity index (χ0) is 25.1. The van der Waals surface area contributed by atoms with Crippen LogP contribution in [0.5, 0.6) is 5.75 Å². The van der Waals surface area contributed by atoms with Crippen LogP contribution in [0.25, 0.3) is 21.5 Å². The van der Waals surface area contributed by atoms with Crippen LogP contribution in [-0.4, -0.2) is 64.0 Å². The minimum Gasteiger partial charge on any atom is -0.508 e. The summed E-state index contributed by atoms with van der Waals surface area (Å²) in [6.07, 6.45) is 1.07. The molecule has 0 atom stereocenters. The van der Waals surface area contributed by atoms with E-state index in [1.807, 2.05) is 17.6 Å². The van der Waals surface area contributed by atoms with Crippen LogP contribution in [0.2, 0.25) is 0 Å². The Labute approximate surface area is 222 Å². The van der Waals surface area contributed by atoms with E-state index in [0.717, 1.165) is 59.9 Å². The van der Waals surface area contributed by atoms with Crippen LogP contribution in [0.3, 0.4) is 0 Å². The lowest BCUT2D eigenvalue weighted by atomic mass is 10.1. The maximum atomic E-state index is 10.1. The number of phenolic OH excluding ortho intramolecular Hbond substituents is 1. The van der Waals surface area contributed by atoms with Gasteiger partial charge in [0.1, 0.15) is 11.6 Å². The highest BCUT2D eigenvalue weighted by Gasteiger charge is 2.29. The largest absolute Gasteiger partial charge is 0.508 e. The molecule has 2 aliphatic rings. The van der Waals surface area contributed by atoms with Gasteiger partial charge in [0.2, 0.25) is 5.95 Å². The number of aromatic hydroxyl groups is 1. The quantitative estimate of drug-likeness (QED) is 0.374. The van der Waals surface area contributed by atoms with Gasteiger partial charge >= 0.3 is 5.97 Å². The number of hydrogen-bond donors (Lipinski definition) is 2. The Bertz CT molecular complexity index is 1400. The van der Waals surface area contributed by atoms with E-state index in [1.54, 1.807) is 30.4 Å². The molecule has 0 aliphatic carbocycles. The molecule has 2 aromatic heterocycles.